The van der Waals surface area contributed by atoms with Crippen LogP contribution in [0.15, 0.2) is 131 Å². The maximum atomic E-state index is 6.29. The summed E-state index contributed by atoms with van der Waals surface area (Å²) in [5.41, 5.74) is 7.70. The van der Waals surface area contributed by atoms with E-state index in [-0.39, 0.29) is 17.1 Å². The van der Waals surface area contributed by atoms with Crippen molar-refractivity contribution >= 4 is 23.6 Å². The first-order valence-electron chi connectivity index (χ1n) is 15.9. The van der Waals surface area contributed by atoms with E-state index in [0.717, 1.165) is 82.2 Å². The summed E-state index contributed by atoms with van der Waals surface area (Å²) in [6, 6.07) is 24.3. The SMILES string of the molecule is C1=C/C(=C(/c2ccc[n-]2)c2ccccc2OCCCCCCCCCOc2ccccc2/C(=C2\C=CC=N2)c2ccc[n-]2)N=C1.[Cu+2]. The second-order valence-electron chi connectivity index (χ2n) is 11.0. The van der Waals surface area contributed by atoms with E-state index in [9.17, 15) is 0 Å². The molecule has 0 bridgehead atoms. The number of aliphatic imine (C=N–C) groups is 2. The number of aromatic nitrogens is 2. The van der Waals surface area contributed by atoms with E-state index < -0.39 is 0 Å². The molecule has 1 radical (unpaired) electrons. The molecule has 237 valence electrons. The quantitative estimate of drug-likeness (QED) is 0.0894. The first-order valence-corrected chi connectivity index (χ1v) is 15.9. The summed E-state index contributed by atoms with van der Waals surface area (Å²) in [5.74, 6) is 1.75. The van der Waals surface area contributed by atoms with Crippen LogP contribution in [0, 0.1) is 0 Å². The molecule has 46 heavy (non-hydrogen) atoms. The van der Waals surface area contributed by atoms with Crippen LogP contribution >= 0.6 is 0 Å². The summed E-state index contributed by atoms with van der Waals surface area (Å²) < 4.78 is 12.6. The monoisotopic (exact) mass is 657 g/mol. The Kier molecular flexibility index (Phi) is 12.3. The van der Waals surface area contributed by atoms with Gasteiger partial charge in [0, 0.05) is 23.6 Å². The number of hydrogen-bond acceptors (Lipinski definition) is 4. The predicted molar refractivity (Wildman–Crippen MR) is 183 cm³/mol. The molecule has 2 aliphatic rings. The summed E-state index contributed by atoms with van der Waals surface area (Å²) in [7, 11) is 0. The minimum Gasteiger partial charge on any atom is -0.664 e. The van der Waals surface area contributed by atoms with Gasteiger partial charge in [-0.25, -0.2) is 0 Å². The zero-order valence-electron chi connectivity index (χ0n) is 25.8. The van der Waals surface area contributed by atoms with E-state index >= 15 is 0 Å². The van der Waals surface area contributed by atoms with Crippen molar-refractivity contribution in [3.8, 4) is 11.5 Å². The maximum absolute atomic E-state index is 6.29. The molecule has 0 unspecified atom stereocenters. The third-order valence-corrected chi connectivity index (χ3v) is 7.86. The van der Waals surface area contributed by atoms with E-state index in [1.807, 2.05) is 110 Å². The summed E-state index contributed by atoms with van der Waals surface area (Å²) in [6.45, 7) is 1.39. The molecule has 7 heteroatoms. The fourth-order valence-corrected chi connectivity index (χ4v) is 5.66. The van der Waals surface area contributed by atoms with Crippen molar-refractivity contribution in [2.75, 3.05) is 13.2 Å². The molecule has 0 N–H and O–H groups in total. The van der Waals surface area contributed by atoms with Crippen LogP contribution in [0.1, 0.15) is 67.5 Å². The van der Waals surface area contributed by atoms with Crippen LogP contribution in [0.5, 0.6) is 11.5 Å². The Hall–Kier alpha value is -4.58. The molecule has 4 heterocycles. The Morgan fingerprint density at radius 2 is 0.957 bits per heavy atom. The van der Waals surface area contributed by atoms with Crippen LogP contribution < -0.4 is 19.4 Å². The number of unbranched alkanes of at least 4 members (excludes halogenated alkanes) is 6. The molecule has 6 rings (SSSR count). The average Bonchev–Trinajstić information content (AvgIpc) is 3.92. The summed E-state index contributed by atoms with van der Waals surface area (Å²) in [4.78, 5) is 18.2. The number of ether oxygens (including phenoxy) is 2. The molecule has 0 fully saturated rings. The number of rotatable bonds is 16. The van der Waals surface area contributed by atoms with Crippen LogP contribution in [-0.2, 0) is 17.1 Å². The molecule has 4 aromatic rings. The zero-order valence-corrected chi connectivity index (χ0v) is 26.8. The van der Waals surface area contributed by atoms with Crippen LogP contribution in [0.2, 0.25) is 0 Å². The average molecular weight is 658 g/mol. The molecule has 2 aliphatic heterocycles. The van der Waals surface area contributed by atoms with Gasteiger partial charge in [-0.15, -0.1) is 11.4 Å². The largest absolute Gasteiger partial charge is 2.00 e. The van der Waals surface area contributed by atoms with E-state index in [0.29, 0.717) is 13.2 Å². The predicted octanol–water partition coefficient (Wildman–Crippen LogP) is 8.59. The van der Waals surface area contributed by atoms with Crippen LogP contribution in [0.25, 0.3) is 11.1 Å². The fourth-order valence-electron chi connectivity index (χ4n) is 5.66. The van der Waals surface area contributed by atoms with Crippen molar-refractivity contribution in [2.24, 2.45) is 9.98 Å². The van der Waals surface area contributed by atoms with Gasteiger partial charge in [0.2, 0.25) is 0 Å². The van der Waals surface area contributed by atoms with E-state index in [1.54, 1.807) is 0 Å². The Morgan fingerprint density at radius 1 is 0.522 bits per heavy atom. The van der Waals surface area contributed by atoms with Gasteiger partial charge in [-0.05, 0) is 60.4 Å². The second kappa shape index (κ2) is 17.2. The minimum atomic E-state index is 0. The molecule has 2 aromatic carbocycles. The van der Waals surface area contributed by atoms with Crippen LogP contribution in [0.3, 0.4) is 0 Å². The normalized spacial score (nSPS) is 15.3. The molecule has 0 amide bonds. The van der Waals surface area contributed by atoms with Crippen molar-refractivity contribution in [3.05, 3.63) is 143 Å². The van der Waals surface area contributed by atoms with Gasteiger partial charge >= 0.3 is 17.1 Å². The molecule has 2 aromatic heterocycles. The Bertz CT molecular complexity index is 1570. The fraction of sp³-hybridized carbons (Fsp3) is 0.231. The molecular weight excluding hydrogens is 620 g/mol. The van der Waals surface area contributed by atoms with Crippen molar-refractivity contribution in [1.82, 2.24) is 9.97 Å². The number of nitrogens with zero attached hydrogens (tertiary/aromatic N) is 4. The van der Waals surface area contributed by atoms with E-state index in [1.165, 1.54) is 19.3 Å². The first-order chi connectivity index (χ1) is 22.4. The van der Waals surface area contributed by atoms with Crippen molar-refractivity contribution in [1.29, 1.82) is 0 Å². The van der Waals surface area contributed by atoms with Gasteiger partial charge in [-0.3, -0.25) is 9.98 Å². The summed E-state index contributed by atoms with van der Waals surface area (Å²) in [6.07, 6.45) is 23.2. The number of allylic oxidation sites excluding steroid dienone is 4. The van der Waals surface area contributed by atoms with Gasteiger partial charge in [0.25, 0.3) is 0 Å². The molecule has 0 spiro atoms. The third-order valence-electron chi connectivity index (χ3n) is 7.86. The number of hydrogen-bond donors (Lipinski definition) is 0. The summed E-state index contributed by atoms with van der Waals surface area (Å²) >= 11 is 0. The van der Waals surface area contributed by atoms with Gasteiger partial charge in [-0.1, -0.05) is 92.8 Å². The second-order valence-corrected chi connectivity index (χ2v) is 11.0. The van der Waals surface area contributed by atoms with Crippen LogP contribution in [0.4, 0.5) is 0 Å². The van der Waals surface area contributed by atoms with Crippen molar-refractivity contribution in [2.45, 2.75) is 44.9 Å². The Labute approximate surface area is 282 Å². The first kappa shape index (κ1) is 32.8. The summed E-state index contributed by atoms with van der Waals surface area (Å²) in [5, 5.41) is 0. The molecular formula is C39H38CuN4O2. The zero-order chi connectivity index (χ0) is 30.5. The number of para-hydroxylation sites is 2. The van der Waals surface area contributed by atoms with Gasteiger partial charge in [0.05, 0.1) is 24.6 Å². The van der Waals surface area contributed by atoms with Gasteiger partial charge in [0.15, 0.2) is 0 Å². The number of benzene rings is 2. The minimum absolute atomic E-state index is 0. The topological polar surface area (TPSA) is 71.4 Å². The standard InChI is InChI=1S/C39H38N4O2.Cu/c1(2-4-10-28-44-36-22-8-6-16-30(36)38(32-18-12-24-40-32)33-19-13-25-41-33)3-5-11-29-45-37-23-9-7-17-31(37)39(34-20-14-26-42-34)35-21-15-27-43-35;/h6-9,12-27H,1-5,10-11,28-29H2;/q-2;+2/b38-32-,39-34-;. The third kappa shape index (κ3) is 8.36. The van der Waals surface area contributed by atoms with Crippen molar-refractivity contribution in [3.63, 3.8) is 0 Å². The van der Waals surface area contributed by atoms with Crippen LogP contribution in [-0.4, -0.2) is 25.6 Å². The molecule has 0 saturated heterocycles. The molecule has 0 aliphatic carbocycles. The van der Waals surface area contributed by atoms with Gasteiger partial charge in [-0.2, -0.15) is 12.4 Å². The van der Waals surface area contributed by atoms with Crippen molar-refractivity contribution < 1.29 is 26.5 Å². The van der Waals surface area contributed by atoms with Gasteiger partial charge in [0.1, 0.15) is 11.5 Å². The maximum Gasteiger partial charge on any atom is 2.00 e. The van der Waals surface area contributed by atoms with E-state index in [2.05, 4.69) is 32.1 Å². The molecule has 0 saturated carbocycles. The Morgan fingerprint density at radius 3 is 1.35 bits per heavy atom. The Balaban J connectivity index is 0.00000417. The molecule has 0 atom stereocenters. The van der Waals surface area contributed by atoms with Gasteiger partial charge < -0.3 is 19.4 Å². The molecule has 6 nitrogen and oxygen atoms in total. The smallest absolute Gasteiger partial charge is 0.664 e. The van der Waals surface area contributed by atoms with E-state index in [4.69, 9.17) is 9.47 Å².